The maximum absolute atomic E-state index is 12.9. The summed E-state index contributed by atoms with van der Waals surface area (Å²) < 4.78 is 13.7. The van der Waals surface area contributed by atoms with E-state index in [9.17, 15) is 14.4 Å². The summed E-state index contributed by atoms with van der Waals surface area (Å²) in [5.41, 5.74) is 1.61. The number of hydrogen-bond acceptors (Lipinski definition) is 9. The molecule has 0 atom stereocenters. The number of rotatable bonds is 9. The van der Waals surface area contributed by atoms with Gasteiger partial charge in [0.2, 0.25) is 17.7 Å². The molecule has 4 heterocycles. The topological polar surface area (TPSA) is 171 Å². The van der Waals surface area contributed by atoms with Crippen molar-refractivity contribution in [1.29, 1.82) is 0 Å². The first kappa shape index (κ1) is 28.3. The highest BCUT2D eigenvalue weighted by Crippen LogP contribution is 2.24. The van der Waals surface area contributed by atoms with Gasteiger partial charge in [-0.25, -0.2) is 9.78 Å². The highest BCUT2D eigenvalue weighted by atomic mass is 16.6. The van der Waals surface area contributed by atoms with E-state index in [1.165, 1.54) is 10.8 Å². The van der Waals surface area contributed by atoms with Crippen LogP contribution in [0.25, 0.3) is 28.3 Å². The number of nitrogens with zero attached hydrogens (tertiary/aromatic N) is 6. The van der Waals surface area contributed by atoms with E-state index >= 15 is 0 Å². The van der Waals surface area contributed by atoms with E-state index < -0.39 is 11.6 Å². The first-order valence-corrected chi connectivity index (χ1v) is 13.3. The molecule has 0 aliphatic rings. The largest absolute Gasteiger partial charge is 0.461 e. The highest BCUT2D eigenvalue weighted by Gasteiger charge is 2.19. The summed E-state index contributed by atoms with van der Waals surface area (Å²) in [5.74, 6) is 0.477. The Morgan fingerprint density at radius 3 is 2.52 bits per heavy atom. The highest BCUT2D eigenvalue weighted by molar-refractivity contribution is 6.00. The number of hydrogen-bond donors (Lipinski definition) is 3. The van der Waals surface area contributed by atoms with Gasteiger partial charge in [-0.05, 0) is 57.0 Å². The summed E-state index contributed by atoms with van der Waals surface area (Å²) in [6, 6.07) is 9.81. The molecule has 0 aliphatic heterocycles. The Hall–Kier alpha value is -5.27. The number of esters is 1. The first-order chi connectivity index (χ1) is 20.0. The molecule has 0 bridgehead atoms. The lowest BCUT2D eigenvalue weighted by atomic mass is 10.1. The fourth-order valence-corrected chi connectivity index (χ4v) is 4.16. The summed E-state index contributed by atoms with van der Waals surface area (Å²) in [5, 5.41) is 17.7. The maximum Gasteiger partial charge on any atom is 0.326 e. The molecular formula is C28H31N9O5. The van der Waals surface area contributed by atoms with Crippen LogP contribution in [-0.2, 0) is 27.8 Å². The lowest BCUT2D eigenvalue weighted by Crippen LogP contribution is -2.28. The van der Waals surface area contributed by atoms with Crippen LogP contribution >= 0.6 is 0 Å². The second-order valence-electron chi connectivity index (χ2n) is 10.6. The van der Waals surface area contributed by atoms with Gasteiger partial charge in [0.05, 0.1) is 18.1 Å². The Kier molecular flexibility index (Phi) is 7.86. The van der Waals surface area contributed by atoms with Crippen LogP contribution < -0.4 is 16.0 Å². The van der Waals surface area contributed by atoms with E-state index in [0.717, 1.165) is 5.56 Å². The van der Waals surface area contributed by atoms with Crippen molar-refractivity contribution in [2.45, 2.75) is 45.6 Å². The van der Waals surface area contributed by atoms with Crippen LogP contribution in [0.4, 0.5) is 16.4 Å². The van der Waals surface area contributed by atoms with E-state index in [1.54, 1.807) is 54.3 Å². The molecule has 14 heteroatoms. The number of carbonyl (C=O) groups is 3. The molecule has 0 fully saturated rings. The average molecular weight is 574 g/mol. The monoisotopic (exact) mass is 573 g/mol. The minimum absolute atomic E-state index is 0.124. The zero-order valence-corrected chi connectivity index (χ0v) is 23.7. The fourth-order valence-electron chi connectivity index (χ4n) is 4.16. The smallest absolute Gasteiger partial charge is 0.326 e. The summed E-state index contributed by atoms with van der Waals surface area (Å²) in [6.07, 6.45) is 4.19. The quantitative estimate of drug-likeness (QED) is 0.176. The lowest BCUT2D eigenvalue weighted by molar-refractivity contribution is -0.155. The molecular weight excluding hydrogens is 542 g/mol. The third-order valence-corrected chi connectivity index (χ3v) is 5.91. The summed E-state index contributed by atoms with van der Waals surface area (Å²) >= 11 is 0. The van der Waals surface area contributed by atoms with E-state index in [4.69, 9.17) is 9.15 Å². The SMILES string of the molecule is Cn1cc2c(nc(NC(=O)Nc3ccc(CC(=O)NCCCC(=O)OC(C)(C)C)cc3)n3nc(-c4ccco4)nc23)n1. The first-order valence-electron chi connectivity index (χ1n) is 13.3. The molecule has 4 aromatic heterocycles. The summed E-state index contributed by atoms with van der Waals surface area (Å²) in [4.78, 5) is 46.0. The van der Waals surface area contributed by atoms with Gasteiger partial charge in [-0.1, -0.05) is 12.1 Å². The number of urea groups is 1. The molecule has 3 amide bonds. The molecule has 3 N–H and O–H groups in total. The van der Waals surface area contributed by atoms with Crippen LogP contribution in [-0.4, -0.2) is 59.4 Å². The second kappa shape index (κ2) is 11.7. The van der Waals surface area contributed by atoms with Crippen molar-refractivity contribution in [2.75, 3.05) is 17.2 Å². The van der Waals surface area contributed by atoms with E-state index in [-0.39, 0.29) is 30.7 Å². The Morgan fingerprint density at radius 2 is 1.81 bits per heavy atom. The van der Waals surface area contributed by atoms with E-state index in [2.05, 4.69) is 36.1 Å². The van der Waals surface area contributed by atoms with Crippen molar-refractivity contribution in [3.05, 3.63) is 54.4 Å². The van der Waals surface area contributed by atoms with Crippen molar-refractivity contribution in [2.24, 2.45) is 7.05 Å². The molecule has 0 spiro atoms. The van der Waals surface area contributed by atoms with E-state index in [1.807, 2.05) is 20.8 Å². The van der Waals surface area contributed by atoms with Crippen LogP contribution in [0.5, 0.6) is 0 Å². The molecule has 1 aromatic carbocycles. The lowest BCUT2D eigenvalue weighted by Gasteiger charge is -2.19. The molecule has 0 radical (unpaired) electrons. The second-order valence-corrected chi connectivity index (χ2v) is 10.6. The van der Waals surface area contributed by atoms with Gasteiger partial charge in [0, 0.05) is 31.9 Å². The number of anilines is 2. The normalized spacial score (nSPS) is 11.5. The predicted octanol–water partition coefficient (Wildman–Crippen LogP) is 3.70. The number of aromatic nitrogens is 6. The van der Waals surface area contributed by atoms with Gasteiger partial charge >= 0.3 is 12.0 Å². The predicted molar refractivity (Wildman–Crippen MR) is 154 cm³/mol. The maximum atomic E-state index is 12.9. The van der Waals surface area contributed by atoms with Crippen molar-refractivity contribution in [3.8, 4) is 11.6 Å². The van der Waals surface area contributed by atoms with Gasteiger partial charge in [-0.3, -0.25) is 19.6 Å². The van der Waals surface area contributed by atoms with Gasteiger partial charge in [-0.2, -0.15) is 14.6 Å². The average Bonchev–Trinajstić information content (AvgIpc) is 3.66. The van der Waals surface area contributed by atoms with Crippen LogP contribution in [0.2, 0.25) is 0 Å². The van der Waals surface area contributed by atoms with Gasteiger partial charge in [0.1, 0.15) is 5.60 Å². The van der Waals surface area contributed by atoms with E-state index in [0.29, 0.717) is 46.9 Å². The molecule has 218 valence electrons. The van der Waals surface area contributed by atoms with Crippen LogP contribution in [0.1, 0.15) is 39.2 Å². The molecule has 0 unspecified atom stereocenters. The Labute approximate surface area is 240 Å². The van der Waals surface area contributed by atoms with Crippen molar-refractivity contribution >= 4 is 46.2 Å². The Balaban J connectivity index is 1.17. The molecule has 0 saturated heterocycles. The van der Waals surface area contributed by atoms with Crippen molar-refractivity contribution in [3.63, 3.8) is 0 Å². The minimum atomic E-state index is -0.551. The molecule has 0 aliphatic carbocycles. The molecule has 14 nitrogen and oxygen atoms in total. The van der Waals surface area contributed by atoms with Crippen LogP contribution in [0, 0.1) is 0 Å². The van der Waals surface area contributed by atoms with Gasteiger partial charge in [-0.15, -0.1) is 5.10 Å². The number of fused-ring (bicyclic) bond motifs is 3. The zero-order chi connectivity index (χ0) is 29.9. The number of aryl methyl sites for hydroxylation is 1. The van der Waals surface area contributed by atoms with Gasteiger partial charge < -0.3 is 19.8 Å². The fraction of sp³-hybridized carbons (Fsp3) is 0.321. The number of carbonyl (C=O) groups excluding carboxylic acids is 3. The number of amides is 3. The molecule has 42 heavy (non-hydrogen) atoms. The van der Waals surface area contributed by atoms with Crippen molar-refractivity contribution < 1.29 is 23.5 Å². The van der Waals surface area contributed by atoms with Crippen LogP contribution in [0.15, 0.2) is 53.3 Å². The molecule has 5 rings (SSSR count). The number of nitrogens with one attached hydrogen (secondary N) is 3. The van der Waals surface area contributed by atoms with Gasteiger partial charge in [0.15, 0.2) is 17.1 Å². The van der Waals surface area contributed by atoms with Crippen molar-refractivity contribution in [1.82, 2.24) is 34.7 Å². The third kappa shape index (κ3) is 6.89. The van der Waals surface area contributed by atoms with Crippen LogP contribution in [0.3, 0.4) is 0 Å². The number of furan rings is 1. The Bertz CT molecular complexity index is 1730. The van der Waals surface area contributed by atoms with Gasteiger partial charge in [0.25, 0.3) is 0 Å². The molecule has 5 aromatic rings. The number of benzene rings is 1. The minimum Gasteiger partial charge on any atom is -0.461 e. The summed E-state index contributed by atoms with van der Waals surface area (Å²) in [6.45, 7) is 5.81. The standard InChI is InChI=1S/C28H31N9O5/c1-28(2,3)42-22(39)8-5-13-29-21(38)15-17-9-11-18(12-10-17)30-27(40)33-26-32-23-19(16-36(4)34-23)25-31-24(35-37(25)26)20-7-6-14-41-20/h6-7,9-12,14,16H,5,8,13,15H2,1-4H3,(H,29,38)(H2,30,32,33,34,40). The number of ether oxygens (including phenoxy) is 1. The Morgan fingerprint density at radius 1 is 1.02 bits per heavy atom. The summed E-state index contributed by atoms with van der Waals surface area (Å²) in [7, 11) is 1.77. The molecule has 0 saturated carbocycles. The zero-order valence-electron chi connectivity index (χ0n) is 23.7. The third-order valence-electron chi connectivity index (χ3n) is 5.91.